The summed E-state index contributed by atoms with van der Waals surface area (Å²) in [5.74, 6) is 0.269. The van der Waals surface area contributed by atoms with Gasteiger partial charge >= 0.3 is 0 Å². The van der Waals surface area contributed by atoms with E-state index in [1.165, 1.54) is 13.2 Å². The summed E-state index contributed by atoms with van der Waals surface area (Å²) < 4.78 is 18.9. The number of hydrogen-bond donors (Lipinski definition) is 1. The minimum absolute atomic E-state index is 0.163. The van der Waals surface area contributed by atoms with Crippen LogP contribution in [0.25, 0.3) is 0 Å². The van der Waals surface area contributed by atoms with Crippen molar-refractivity contribution in [2.45, 2.75) is 45.6 Å². The summed E-state index contributed by atoms with van der Waals surface area (Å²) in [5, 5.41) is 10.4. The SMILES string of the molecule is COc1ccc(C(O)C2CCC(C)(C)CC2)c(F)c1. The van der Waals surface area contributed by atoms with Gasteiger partial charge < -0.3 is 9.84 Å². The van der Waals surface area contributed by atoms with E-state index in [4.69, 9.17) is 4.74 Å². The van der Waals surface area contributed by atoms with Gasteiger partial charge in [0, 0.05) is 11.6 Å². The van der Waals surface area contributed by atoms with Crippen LogP contribution in [-0.2, 0) is 0 Å². The molecule has 1 aliphatic rings. The van der Waals surface area contributed by atoms with E-state index in [1.807, 2.05) is 0 Å². The van der Waals surface area contributed by atoms with Crippen molar-refractivity contribution in [3.63, 3.8) is 0 Å². The molecule has 1 unspecified atom stereocenters. The molecule has 1 aliphatic carbocycles. The zero-order valence-corrected chi connectivity index (χ0v) is 11.9. The Hall–Kier alpha value is -1.09. The van der Waals surface area contributed by atoms with E-state index in [-0.39, 0.29) is 11.7 Å². The van der Waals surface area contributed by atoms with Crippen molar-refractivity contribution >= 4 is 0 Å². The summed E-state index contributed by atoms with van der Waals surface area (Å²) in [6, 6.07) is 4.68. The van der Waals surface area contributed by atoms with Crippen molar-refractivity contribution in [2.75, 3.05) is 7.11 Å². The van der Waals surface area contributed by atoms with Crippen LogP contribution in [0, 0.1) is 17.2 Å². The Bertz CT molecular complexity index is 432. The van der Waals surface area contributed by atoms with Crippen molar-refractivity contribution < 1.29 is 14.2 Å². The molecule has 0 radical (unpaired) electrons. The van der Waals surface area contributed by atoms with E-state index in [0.717, 1.165) is 25.7 Å². The summed E-state index contributed by atoms with van der Waals surface area (Å²) in [5.41, 5.74) is 0.750. The first-order valence-corrected chi connectivity index (χ1v) is 6.94. The van der Waals surface area contributed by atoms with E-state index in [1.54, 1.807) is 12.1 Å². The predicted molar refractivity (Wildman–Crippen MR) is 73.7 cm³/mol. The lowest BCUT2D eigenvalue weighted by atomic mass is 9.71. The minimum Gasteiger partial charge on any atom is -0.497 e. The summed E-state index contributed by atoms with van der Waals surface area (Å²) >= 11 is 0. The van der Waals surface area contributed by atoms with Gasteiger partial charge in [0.15, 0.2) is 0 Å². The van der Waals surface area contributed by atoms with Gasteiger partial charge in [-0.25, -0.2) is 4.39 Å². The highest BCUT2D eigenvalue weighted by Crippen LogP contribution is 2.43. The van der Waals surface area contributed by atoms with Crippen molar-refractivity contribution in [3.8, 4) is 5.75 Å². The predicted octanol–water partition coefficient (Wildman–Crippen LogP) is 4.08. The first-order valence-electron chi connectivity index (χ1n) is 6.94. The molecule has 1 aromatic carbocycles. The van der Waals surface area contributed by atoms with Gasteiger partial charge in [0.05, 0.1) is 13.2 Å². The van der Waals surface area contributed by atoms with Crippen molar-refractivity contribution in [3.05, 3.63) is 29.6 Å². The Morgan fingerprint density at radius 2 is 1.95 bits per heavy atom. The molecule has 0 saturated heterocycles. The normalized spacial score (nSPS) is 21.1. The van der Waals surface area contributed by atoms with Crippen LogP contribution < -0.4 is 4.74 Å². The van der Waals surface area contributed by atoms with Crippen molar-refractivity contribution in [1.82, 2.24) is 0 Å². The van der Waals surface area contributed by atoms with E-state index in [2.05, 4.69) is 13.8 Å². The first-order chi connectivity index (χ1) is 8.93. The second-order valence-corrected chi connectivity index (χ2v) is 6.33. The van der Waals surface area contributed by atoms with Crippen LogP contribution in [0.4, 0.5) is 4.39 Å². The van der Waals surface area contributed by atoms with E-state index < -0.39 is 6.10 Å². The van der Waals surface area contributed by atoms with Crippen LogP contribution >= 0.6 is 0 Å². The Morgan fingerprint density at radius 3 is 2.47 bits per heavy atom. The number of aliphatic hydroxyl groups is 1. The lowest BCUT2D eigenvalue weighted by molar-refractivity contribution is 0.0543. The second-order valence-electron chi connectivity index (χ2n) is 6.33. The third-order valence-corrected chi connectivity index (χ3v) is 4.36. The van der Waals surface area contributed by atoms with Gasteiger partial charge in [-0.2, -0.15) is 0 Å². The number of aliphatic hydroxyl groups excluding tert-OH is 1. The van der Waals surface area contributed by atoms with Crippen LogP contribution in [0.2, 0.25) is 0 Å². The Morgan fingerprint density at radius 1 is 1.32 bits per heavy atom. The second kappa shape index (κ2) is 5.49. The van der Waals surface area contributed by atoms with Crippen molar-refractivity contribution in [2.24, 2.45) is 11.3 Å². The molecule has 1 N–H and O–H groups in total. The van der Waals surface area contributed by atoms with Gasteiger partial charge in [0.2, 0.25) is 0 Å². The van der Waals surface area contributed by atoms with Gasteiger partial charge in [-0.1, -0.05) is 13.8 Å². The number of benzene rings is 1. The molecule has 0 heterocycles. The molecule has 2 nitrogen and oxygen atoms in total. The molecule has 3 heteroatoms. The van der Waals surface area contributed by atoms with E-state index >= 15 is 0 Å². The molecule has 1 fully saturated rings. The van der Waals surface area contributed by atoms with Gasteiger partial charge in [-0.3, -0.25) is 0 Å². The number of hydrogen-bond acceptors (Lipinski definition) is 2. The number of methoxy groups -OCH3 is 1. The highest BCUT2D eigenvalue weighted by Gasteiger charge is 2.32. The van der Waals surface area contributed by atoms with Gasteiger partial charge in [-0.05, 0) is 49.1 Å². The quantitative estimate of drug-likeness (QED) is 0.893. The fraction of sp³-hybridized carbons (Fsp3) is 0.625. The lowest BCUT2D eigenvalue weighted by Gasteiger charge is -2.36. The third-order valence-electron chi connectivity index (χ3n) is 4.36. The molecule has 0 amide bonds. The zero-order chi connectivity index (χ0) is 14.0. The maximum Gasteiger partial charge on any atom is 0.132 e. The molecule has 1 saturated carbocycles. The molecule has 2 rings (SSSR count). The zero-order valence-electron chi connectivity index (χ0n) is 11.9. The molecule has 1 atom stereocenters. The van der Waals surface area contributed by atoms with E-state index in [9.17, 15) is 9.50 Å². The Kier molecular flexibility index (Phi) is 4.14. The third kappa shape index (κ3) is 3.27. The molecule has 106 valence electrons. The Labute approximate surface area is 114 Å². The molecule has 0 spiro atoms. The summed E-state index contributed by atoms with van der Waals surface area (Å²) in [6.07, 6.45) is 3.39. The standard InChI is InChI=1S/C16H23FO2/c1-16(2)8-6-11(7-9-16)15(18)13-5-4-12(19-3)10-14(13)17/h4-5,10-11,15,18H,6-9H2,1-3H3. The molecule has 0 aromatic heterocycles. The van der Waals surface area contributed by atoms with Crippen LogP contribution in [0.15, 0.2) is 18.2 Å². The Balaban J connectivity index is 2.10. The van der Waals surface area contributed by atoms with Crippen LogP contribution in [-0.4, -0.2) is 12.2 Å². The fourth-order valence-electron chi connectivity index (χ4n) is 2.87. The topological polar surface area (TPSA) is 29.5 Å². The lowest BCUT2D eigenvalue weighted by Crippen LogP contribution is -2.25. The average Bonchev–Trinajstić information content (AvgIpc) is 2.37. The minimum atomic E-state index is -0.706. The molecule has 0 aliphatic heterocycles. The molecular weight excluding hydrogens is 243 g/mol. The maximum absolute atomic E-state index is 14.0. The van der Waals surface area contributed by atoms with Gasteiger partial charge in [0.1, 0.15) is 11.6 Å². The molecular formula is C16H23FO2. The largest absolute Gasteiger partial charge is 0.497 e. The fourth-order valence-corrected chi connectivity index (χ4v) is 2.87. The summed E-state index contributed by atoms with van der Waals surface area (Å²) in [6.45, 7) is 4.51. The van der Waals surface area contributed by atoms with Crippen LogP contribution in [0.1, 0.15) is 51.2 Å². The monoisotopic (exact) mass is 266 g/mol. The average molecular weight is 266 g/mol. The first kappa shape index (κ1) is 14.3. The summed E-state index contributed by atoms with van der Waals surface area (Å²) in [4.78, 5) is 0. The number of ether oxygens (including phenoxy) is 1. The highest BCUT2D eigenvalue weighted by atomic mass is 19.1. The highest BCUT2D eigenvalue weighted by molar-refractivity contribution is 5.30. The maximum atomic E-state index is 14.0. The number of halogens is 1. The van der Waals surface area contributed by atoms with Crippen LogP contribution in [0.5, 0.6) is 5.75 Å². The van der Waals surface area contributed by atoms with Crippen LogP contribution in [0.3, 0.4) is 0 Å². The van der Waals surface area contributed by atoms with Gasteiger partial charge in [0.25, 0.3) is 0 Å². The molecule has 0 bridgehead atoms. The molecule has 1 aromatic rings. The number of rotatable bonds is 3. The van der Waals surface area contributed by atoms with E-state index in [0.29, 0.717) is 16.7 Å². The smallest absolute Gasteiger partial charge is 0.132 e. The molecule has 19 heavy (non-hydrogen) atoms. The summed E-state index contributed by atoms with van der Waals surface area (Å²) in [7, 11) is 1.51. The van der Waals surface area contributed by atoms with Crippen molar-refractivity contribution in [1.29, 1.82) is 0 Å². The van der Waals surface area contributed by atoms with Gasteiger partial charge in [-0.15, -0.1) is 0 Å².